The summed E-state index contributed by atoms with van der Waals surface area (Å²) in [7, 11) is 0. The summed E-state index contributed by atoms with van der Waals surface area (Å²) in [6.45, 7) is 4.31. The molecule has 0 atom stereocenters. The molecule has 24 heavy (non-hydrogen) atoms. The van der Waals surface area contributed by atoms with E-state index in [2.05, 4.69) is 47.2 Å². The Morgan fingerprint density at radius 2 is 2.08 bits per heavy atom. The fourth-order valence-corrected chi connectivity index (χ4v) is 3.64. The quantitative estimate of drug-likeness (QED) is 0.763. The summed E-state index contributed by atoms with van der Waals surface area (Å²) in [5, 5.41) is 8.20. The molecular formula is C20H23N3O. The Kier molecular flexibility index (Phi) is 3.75. The first-order valence-electron chi connectivity index (χ1n) is 8.84. The average Bonchev–Trinajstić information content (AvgIpc) is 2.91. The first-order valence-corrected chi connectivity index (χ1v) is 8.84. The van der Waals surface area contributed by atoms with Crippen molar-refractivity contribution in [3.63, 3.8) is 0 Å². The topological polar surface area (TPSA) is 61.5 Å². The van der Waals surface area contributed by atoms with Crippen LogP contribution in [0.1, 0.15) is 60.2 Å². The standard InChI is InChI=1S/C20H23N3O/c1-3-14-9-13(8-7-12(14)2)10-16-11-17(24)18-19(15-5-4-6-15)22-23-20(18)21-16/h7-9,11,15H,3-6,10H2,1-2H3,(H2,21,22,23,24). The van der Waals surface area contributed by atoms with E-state index >= 15 is 0 Å². The number of benzene rings is 1. The van der Waals surface area contributed by atoms with Gasteiger partial charge in [0.25, 0.3) is 0 Å². The van der Waals surface area contributed by atoms with E-state index in [4.69, 9.17) is 0 Å². The molecule has 2 N–H and O–H groups in total. The van der Waals surface area contributed by atoms with Crippen LogP contribution in [0.2, 0.25) is 0 Å². The molecule has 0 spiro atoms. The smallest absolute Gasteiger partial charge is 0.193 e. The number of pyridine rings is 1. The predicted octanol–water partition coefficient (Wildman–Crippen LogP) is 3.98. The Balaban J connectivity index is 1.69. The Labute approximate surface area is 141 Å². The minimum absolute atomic E-state index is 0.0808. The van der Waals surface area contributed by atoms with Crippen molar-refractivity contribution < 1.29 is 0 Å². The molecule has 4 rings (SSSR count). The van der Waals surface area contributed by atoms with Gasteiger partial charge in [-0.3, -0.25) is 9.89 Å². The lowest BCUT2D eigenvalue weighted by atomic mass is 9.82. The van der Waals surface area contributed by atoms with Crippen LogP contribution in [0.15, 0.2) is 29.1 Å². The molecule has 0 unspecified atom stereocenters. The van der Waals surface area contributed by atoms with Gasteiger partial charge in [0.15, 0.2) is 11.1 Å². The van der Waals surface area contributed by atoms with Gasteiger partial charge in [-0.25, -0.2) is 0 Å². The van der Waals surface area contributed by atoms with Crippen LogP contribution in [-0.4, -0.2) is 15.2 Å². The van der Waals surface area contributed by atoms with Crippen molar-refractivity contribution in [2.75, 3.05) is 0 Å². The third-order valence-electron chi connectivity index (χ3n) is 5.33. The van der Waals surface area contributed by atoms with Crippen molar-refractivity contribution >= 4 is 11.0 Å². The number of nitrogens with zero attached hydrogens (tertiary/aromatic N) is 1. The molecule has 1 aromatic carbocycles. The average molecular weight is 321 g/mol. The molecule has 0 radical (unpaired) electrons. The summed E-state index contributed by atoms with van der Waals surface area (Å²) >= 11 is 0. The van der Waals surface area contributed by atoms with E-state index in [0.717, 1.165) is 42.5 Å². The van der Waals surface area contributed by atoms with Crippen LogP contribution in [-0.2, 0) is 12.8 Å². The van der Waals surface area contributed by atoms with Crippen LogP contribution in [0.3, 0.4) is 0 Å². The lowest BCUT2D eigenvalue weighted by molar-refractivity contribution is 0.413. The number of rotatable bonds is 4. The second-order valence-electron chi connectivity index (χ2n) is 6.94. The Hall–Kier alpha value is -2.36. The molecule has 4 heteroatoms. The summed E-state index contributed by atoms with van der Waals surface area (Å²) in [6, 6.07) is 8.28. The largest absolute Gasteiger partial charge is 0.341 e. The minimum Gasteiger partial charge on any atom is -0.341 e. The van der Waals surface area contributed by atoms with Crippen LogP contribution in [0.5, 0.6) is 0 Å². The molecule has 4 nitrogen and oxygen atoms in total. The molecule has 124 valence electrons. The number of H-pyrrole nitrogens is 2. The van der Waals surface area contributed by atoms with Gasteiger partial charge in [-0.05, 0) is 42.9 Å². The molecule has 2 aromatic heterocycles. The highest BCUT2D eigenvalue weighted by Gasteiger charge is 2.25. The Morgan fingerprint density at radius 3 is 2.79 bits per heavy atom. The number of aryl methyl sites for hydroxylation is 2. The predicted molar refractivity (Wildman–Crippen MR) is 96.7 cm³/mol. The van der Waals surface area contributed by atoms with Crippen molar-refractivity contribution in [1.82, 2.24) is 15.2 Å². The first-order chi connectivity index (χ1) is 11.7. The number of hydrogen-bond donors (Lipinski definition) is 2. The minimum atomic E-state index is 0.0808. The molecule has 1 fully saturated rings. The van der Waals surface area contributed by atoms with Gasteiger partial charge in [0.05, 0.1) is 11.1 Å². The van der Waals surface area contributed by atoms with Crippen LogP contribution in [0.25, 0.3) is 11.0 Å². The molecule has 0 saturated heterocycles. The molecular weight excluding hydrogens is 298 g/mol. The third kappa shape index (κ3) is 2.56. The summed E-state index contributed by atoms with van der Waals surface area (Å²) in [6.07, 6.45) is 5.31. The highest BCUT2D eigenvalue weighted by atomic mass is 16.1. The monoisotopic (exact) mass is 321 g/mol. The maximum atomic E-state index is 12.6. The number of aromatic nitrogens is 3. The number of fused-ring (bicyclic) bond motifs is 1. The van der Waals surface area contributed by atoms with Crippen molar-refractivity contribution in [3.8, 4) is 0 Å². The van der Waals surface area contributed by atoms with Crippen molar-refractivity contribution in [2.45, 2.75) is 51.9 Å². The second-order valence-corrected chi connectivity index (χ2v) is 6.94. The molecule has 2 heterocycles. The molecule has 0 bridgehead atoms. The first kappa shape index (κ1) is 15.2. The zero-order valence-corrected chi connectivity index (χ0v) is 14.3. The highest BCUT2D eigenvalue weighted by Crippen LogP contribution is 2.37. The van der Waals surface area contributed by atoms with E-state index in [-0.39, 0.29) is 5.43 Å². The van der Waals surface area contributed by atoms with E-state index < -0.39 is 0 Å². The maximum Gasteiger partial charge on any atom is 0.193 e. The maximum absolute atomic E-state index is 12.6. The summed E-state index contributed by atoms with van der Waals surface area (Å²) in [4.78, 5) is 16.0. The zero-order valence-electron chi connectivity index (χ0n) is 14.3. The molecule has 3 aromatic rings. The van der Waals surface area contributed by atoms with Gasteiger partial charge in [-0.1, -0.05) is 31.5 Å². The molecule has 0 amide bonds. The molecule has 0 aliphatic heterocycles. The normalized spacial score (nSPS) is 14.9. The van der Waals surface area contributed by atoms with E-state index in [1.807, 2.05) is 0 Å². The van der Waals surface area contributed by atoms with Crippen LogP contribution >= 0.6 is 0 Å². The van der Waals surface area contributed by atoms with E-state index in [0.29, 0.717) is 11.6 Å². The van der Waals surface area contributed by atoms with E-state index in [9.17, 15) is 4.79 Å². The fraction of sp³-hybridized carbons (Fsp3) is 0.400. The van der Waals surface area contributed by atoms with Gasteiger partial charge < -0.3 is 4.98 Å². The van der Waals surface area contributed by atoms with Gasteiger partial charge in [-0.15, -0.1) is 0 Å². The fourth-order valence-electron chi connectivity index (χ4n) is 3.64. The number of hydrogen-bond acceptors (Lipinski definition) is 2. The van der Waals surface area contributed by atoms with Crippen LogP contribution in [0, 0.1) is 6.92 Å². The molecule has 1 aliphatic carbocycles. The summed E-state index contributed by atoms with van der Waals surface area (Å²) in [5.74, 6) is 0.478. The Bertz CT molecular complexity index is 947. The van der Waals surface area contributed by atoms with Gasteiger partial charge in [0.1, 0.15) is 0 Å². The molecule has 1 saturated carbocycles. The number of aromatic amines is 2. The highest BCUT2D eigenvalue weighted by molar-refractivity contribution is 5.78. The van der Waals surface area contributed by atoms with Gasteiger partial charge in [0.2, 0.25) is 0 Å². The van der Waals surface area contributed by atoms with E-state index in [1.165, 1.54) is 23.1 Å². The van der Waals surface area contributed by atoms with Crippen LogP contribution < -0.4 is 5.43 Å². The van der Waals surface area contributed by atoms with Crippen molar-refractivity contribution in [3.05, 3.63) is 62.6 Å². The zero-order chi connectivity index (χ0) is 16.7. The Morgan fingerprint density at radius 1 is 1.25 bits per heavy atom. The van der Waals surface area contributed by atoms with Gasteiger partial charge >= 0.3 is 0 Å². The third-order valence-corrected chi connectivity index (χ3v) is 5.33. The number of nitrogens with one attached hydrogen (secondary N) is 2. The summed E-state index contributed by atoms with van der Waals surface area (Å²) in [5.41, 5.74) is 6.63. The SMILES string of the molecule is CCc1cc(Cc2cc(=O)c3c(C4CCC4)[nH]nc3[nH]2)ccc1C. The van der Waals surface area contributed by atoms with Gasteiger partial charge in [-0.2, -0.15) is 5.10 Å². The lowest BCUT2D eigenvalue weighted by Crippen LogP contribution is -2.13. The van der Waals surface area contributed by atoms with Gasteiger partial charge in [0, 0.05) is 24.1 Å². The second kappa shape index (κ2) is 5.93. The van der Waals surface area contributed by atoms with E-state index in [1.54, 1.807) is 6.07 Å². The van der Waals surface area contributed by atoms with Crippen molar-refractivity contribution in [2.24, 2.45) is 0 Å². The summed E-state index contributed by atoms with van der Waals surface area (Å²) < 4.78 is 0. The molecule has 1 aliphatic rings. The van der Waals surface area contributed by atoms with Crippen LogP contribution in [0.4, 0.5) is 0 Å². The van der Waals surface area contributed by atoms with Crippen molar-refractivity contribution in [1.29, 1.82) is 0 Å². The lowest BCUT2D eigenvalue weighted by Gasteiger charge is -2.23.